The first kappa shape index (κ1) is 15.0. The number of rotatable bonds is 3. The molecule has 0 spiro atoms. The zero-order valence-corrected chi connectivity index (χ0v) is 12.4. The predicted octanol–water partition coefficient (Wildman–Crippen LogP) is 0.847. The Balaban J connectivity index is 1.51. The van der Waals surface area contributed by atoms with Crippen molar-refractivity contribution in [2.75, 3.05) is 26.2 Å². The Bertz CT molecular complexity index is 579. The van der Waals surface area contributed by atoms with E-state index in [2.05, 4.69) is 4.90 Å². The van der Waals surface area contributed by atoms with Gasteiger partial charge in [0, 0.05) is 25.0 Å². The molecule has 2 N–H and O–H groups in total. The lowest BCUT2D eigenvalue weighted by Gasteiger charge is -2.47. The van der Waals surface area contributed by atoms with Crippen molar-refractivity contribution in [2.24, 2.45) is 11.7 Å². The van der Waals surface area contributed by atoms with Crippen molar-refractivity contribution in [3.05, 3.63) is 35.6 Å². The Kier molecular flexibility index (Phi) is 4.11. The molecular formula is C16H20FN3O2. The van der Waals surface area contributed by atoms with Gasteiger partial charge in [-0.25, -0.2) is 4.39 Å². The number of piperidine rings is 1. The lowest BCUT2D eigenvalue weighted by molar-refractivity contribution is -0.123. The molecule has 2 fully saturated rings. The lowest BCUT2D eigenvalue weighted by atomic mass is 9.93. The summed E-state index contributed by atoms with van der Waals surface area (Å²) < 4.78 is 13.6. The van der Waals surface area contributed by atoms with Crippen LogP contribution in [0.2, 0.25) is 0 Å². The first-order chi connectivity index (χ1) is 10.6. The highest BCUT2D eigenvalue weighted by molar-refractivity contribution is 5.95. The van der Waals surface area contributed by atoms with Crippen LogP contribution in [0.5, 0.6) is 0 Å². The second kappa shape index (κ2) is 6.04. The third kappa shape index (κ3) is 2.83. The standard InChI is InChI=1S/C16H20FN3O2/c17-14-4-2-1-3-13(14)16(22)20-9-12(10-20)19-7-5-11(6-8-19)15(18)21/h1-4,11-12H,5-10H2,(H2,18,21). The number of carbonyl (C=O) groups is 2. The summed E-state index contributed by atoms with van der Waals surface area (Å²) in [5.41, 5.74) is 5.46. The number of amides is 2. The number of carbonyl (C=O) groups excluding carboxylic acids is 2. The molecule has 3 rings (SSSR count). The number of nitrogens with zero attached hydrogens (tertiary/aromatic N) is 2. The van der Waals surface area contributed by atoms with Crippen LogP contribution in [0.25, 0.3) is 0 Å². The molecule has 2 aliphatic heterocycles. The minimum Gasteiger partial charge on any atom is -0.369 e. The van der Waals surface area contributed by atoms with Crippen LogP contribution in [0, 0.1) is 11.7 Å². The molecule has 0 bridgehead atoms. The second-order valence-electron chi connectivity index (χ2n) is 6.06. The molecule has 2 saturated heterocycles. The van der Waals surface area contributed by atoms with Gasteiger partial charge in [0.15, 0.2) is 0 Å². The largest absolute Gasteiger partial charge is 0.369 e. The van der Waals surface area contributed by atoms with Gasteiger partial charge in [-0.1, -0.05) is 12.1 Å². The molecule has 1 aromatic carbocycles. The maximum absolute atomic E-state index is 13.6. The van der Waals surface area contributed by atoms with Gasteiger partial charge in [-0.05, 0) is 38.1 Å². The van der Waals surface area contributed by atoms with Crippen LogP contribution >= 0.6 is 0 Å². The van der Waals surface area contributed by atoms with E-state index in [9.17, 15) is 14.0 Å². The molecule has 2 amide bonds. The topological polar surface area (TPSA) is 66.6 Å². The Hall–Kier alpha value is -1.95. The highest BCUT2D eigenvalue weighted by Gasteiger charge is 2.37. The summed E-state index contributed by atoms with van der Waals surface area (Å²) in [7, 11) is 0. The van der Waals surface area contributed by atoms with E-state index in [-0.39, 0.29) is 23.3 Å². The summed E-state index contributed by atoms with van der Waals surface area (Å²) in [5, 5.41) is 0. The maximum atomic E-state index is 13.6. The summed E-state index contributed by atoms with van der Waals surface area (Å²) in [6, 6.07) is 6.38. The van der Waals surface area contributed by atoms with Gasteiger partial charge in [0.2, 0.25) is 5.91 Å². The maximum Gasteiger partial charge on any atom is 0.256 e. The minimum atomic E-state index is -0.474. The van der Waals surface area contributed by atoms with E-state index in [1.165, 1.54) is 12.1 Å². The van der Waals surface area contributed by atoms with E-state index in [1.54, 1.807) is 17.0 Å². The minimum absolute atomic E-state index is 0.0209. The number of primary amides is 1. The second-order valence-corrected chi connectivity index (χ2v) is 6.06. The molecule has 1 aromatic rings. The third-order valence-corrected chi connectivity index (χ3v) is 4.70. The molecule has 0 atom stereocenters. The fourth-order valence-corrected chi connectivity index (χ4v) is 3.21. The van der Waals surface area contributed by atoms with Crippen LogP contribution < -0.4 is 5.73 Å². The summed E-state index contributed by atoms with van der Waals surface area (Å²) in [6.45, 7) is 2.91. The molecule has 6 heteroatoms. The van der Waals surface area contributed by atoms with Crippen molar-refractivity contribution < 1.29 is 14.0 Å². The van der Waals surface area contributed by atoms with Gasteiger partial charge in [-0.15, -0.1) is 0 Å². The third-order valence-electron chi connectivity index (χ3n) is 4.70. The van der Waals surface area contributed by atoms with Gasteiger partial charge in [0.25, 0.3) is 5.91 Å². The molecule has 2 aliphatic rings. The van der Waals surface area contributed by atoms with Gasteiger partial charge in [0.05, 0.1) is 5.56 Å². The molecule has 5 nitrogen and oxygen atoms in total. The summed E-state index contributed by atoms with van der Waals surface area (Å²) >= 11 is 0. The Morgan fingerprint density at radius 1 is 1.14 bits per heavy atom. The van der Waals surface area contributed by atoms with Crippen LogP contribution in [0.15, 0.2) is 24.3 Å². The summed E-state index contributed by atoms with van der Waals surface area (Å²) in [4.78, 5) is 27.3. The van der Waals surface area contributed by atoms with Crippen molar-refractivity contribution >= 4 is 11.8 Å². The van der Waals surface area contributed by atoms with Crippen molar-refractivity contribution in [2.45, 2.75) is 18.9 Å². The number of hydrogen-bond acceptors (Lipinski definition) is 3. The Morgan fingerprint density at radius 3 is 2.36 bits per heavy atom. The van der Waals surface area contributed by atoms with Crippen LogP contribution in [0.4, 0.5) is 4.39 Å². The predicted molar refractivity (Wildman–Crippen MR) is 79.6 cm³/mol. The number of nitrogens with two attached hydrogens (primary N) is 1. The van der Waals surface area contributed by atoms with Crippen molar-refractivity contribution in [1.29, 1.82) is 0 Å². The van der Waals surface area contributed by atoms with Crippen molar-refractivity contribution in [3.63, 3.8) is 0 Å². The van der Waals surface area contributed by atoms with E-state index in [4.69, 9.17) is 5.73 Å². The Labute approximate surface area is 128 Å². The molecule has 22 heavy (non-hydrogen) atoms. The first-order valence-corrected chi connectivity index (χ1v) is 7.63. The van der Waals surface area contributed by atoms with Gasteiger partial charge in [-0.3, -0.25) is 14.5 Å². The van der Waals surface area contributed by atoms with Gasteiger partial charge in [-0.2, -0.15) is 0 Å². The average Bonchev–Trinajstić information content (AvgIpc) is 2.46. The molecule has 2 heterocycles. The smallest absolute Gasteiger partial charge is 0.256 e. The van der Waals surface area contributed by atoms with Gasteiger partial charge in [0.1, 0.15) is 5.82 Å². The fraction of sp³-hybridized carbons (Fsp3) is 0.500. The molecule has 0 aliphatic carbocycles. The highest BCUT2D eigenvalue weighted by Crippen LogP contribution is 2.24. The number of hydrogen-bond donors (Lipinski definition) is 1. The molecule has 0 radical (unpaired) electrons. The summed E-state index contributed by atoms with van der Waals surface area (Å²) in [5.74, 6) is -0.961. The Morgan fingerprint density at radius 2 is 1.77 bits per heavy atom. The van der Waals surface area contributed by atoms with Crippen LogP contribution in [-0.4, -0.2) is 53.8 Å². The zero-order valence-electron chi connectivity index (χ0n) is 12.4. The number of benzene rings is 1. The van der Waals surface area contributed by atoms with Crippen molar-refractivity contribution in [1.82, 2.24) is 9.80 Å². The highest BCUT2D eigenvalue weighted by atomic mass is 19.1. The monoisotopic (exact) mass is 305 g/mol. The quantitative estimate of drug-likeness (QED) is 0.900. The molecular weight excluding hydrogens is 285 g/mol. The van der Waals surface area contributed by atoms with E-state index in [0.29, 0.717) is 19.1 Å². The normalized spacial score (nSPS) is 20.7. The van der Waals surface area contributed by atoms with Gasteiger partial charge >= 0.3 is 0 Å². The van der Waals surface area contributed by atoms with Crippen LogP contribution in [0.1, 0.15) is 23.2 Å². The molecule has 0 unspecified atom stereocenters. The SMILES string of the molecule is NC(=O)C1CCN(C2CN(C(=O)c3ccccc3F)C2)CC1. The molecule has 118 valence electrons. The molecule has 0 saturated carbocycles. The lowest BCUT2D eigenvalue weighted by Crippen LogP contribution is -2.62. The van der Waals surface area contributed by atoms with E-state index in [1.807, 2.05) is 0 Å². The number of halogens is 1. The van der Waals surface area contributed by atoms with E-state index >= 15 is 0 Å². The van der Waals surface area contributed by atoms with Crippen LogP contribution in [-0.2, 0) is 4.79 Å². The van der Waals surface area contributed by atoms with Gasteiger partial charge < -0.3 is 10.6 Å². The van der Waals surface area contributed by atoms with E-state index in [0.717, 1.165) is 25.9 Å². The average molecular weight is 305 g/mol. The van der Waals surface area contributed by atoms with E-state index < -0.39 is 5.82 Å². The van der Waals surface area contributed by atoms with Crippen LogP contribution in [0.3, 0.4) is 0 Å². The zero-order chi connectivity index (χ0) is 15.7. The number of likely N-dealkylation sites (tertiary alicyclic amines) is 2. The fourth-order valence-electron chi connectivity index (χ4n) is 3.21. The van der Waals surface area contributed by atoms with Crippen molar-refractivity contribution in [3.8, 4) is 0 Å². The first-order valence-electron chi connectivity index (χ1n) is 7.63. The molecule has 0 aromatic heterocycles. The summed E-state index contributed by atoms with van der Waals surface area (Å²) in [6.07, 6.45) is 1.57.